The fourth-order valence-corrected chi connectivity index (χ4v) is 12.4. The van der Waals surface area contributed by atoms with Crippen LogP contribution in [0.5, 0.6) is 34.5 Å². The molecule has 2 heterocycles. The highest BCUT2D eigenvalue weighted by atomic mass is 16.4. The molecular weight excluding hydrogens is 961 g/mol. The van der Waals surface area contributed by atoms with E-state index in [2.05, 4.69) is 12.1 Å². The van der Waals surface area contributed by atoms with Crippen molar-refractivity contribution in [3.63, 3.8) is 0 Å². The smallest absolute Gasteiger partial charge is 0.239 e. The third-order valence-electron chi connectivity index (χ3n) is 15.4. The Balaban J connectivity index is 0.000000186. The van der Waals surface area contributed by atoms with E-state index in [9.17, 15) is 50.8 Å². The number of phenolic OH excluding ortho intramolecular Hbond substituents is 6. The maximum absolute atomic E-state index is 13.1. The van der Waals surface area contributed by atoms with Crippen LogP contribution < -0.4 is 22.3 Å². The number of fused-ring (bicyclic) bond motifs is 2. The minimum absolute atomic E-state index is 0.0131. The number of furan rings is 2. The number of benzene rings is 8. The summed E-state index contributed by atoms with van der Waals surface area (Å²) in [5, 5.41) is 91.4. The van der Waals surface area contributed by atoms with Gasteiger partial charge in [-0.3, -0.25) is 9.59 Å². The molecule has 0 saturated heterocycles. The number of nitrogens with zero attached hydrogens (tertiary/aromatic N) is 2. The zero-order chi connectivity index (χ0) is 55.9. The first-order valence-electron chi connectivity index (χ1n) is 25.2. The fourth-order valence-electron chi connectivity index (χ4n) is 12.4. The van der Waals surface area contributed by atoms with Gasteiger partial charge in [-0.1, -0.05) is 79.7 Å². The Hall–Kier alpha value is -8.88. The van der Waals surface area contributed by atoms with E-state index in [4.69, 9.17) is 20.3 Å². The van der Waals surface area contributed by atoms with E-state index < -0.39 is 22.4 Å². The van der Waals surface area contributed by atoms with E-state index in [-0.39, 0.29) is 80.3 Å². The van der Waals surface area contributed by atoms with Gasteiger partial charge in [0.15, 0.2) is 34.5 Å². The van der Waals surface area contributed by atoms with Gasteiger partial charge >= 0.3 is 0 Å². The molecule has 76 heavy (non-hydrogen) atoms. The zero-order valence-electron chi connectivity index (χ0n) is 45.0. The zero-order valence-corrected chi connectivity index (χ0v) is 45.0. The summed E-state index contributed by atoms with van der Waals surface area (Å²) in [6, 6.07) is 11.9. The van der Waals surface area contributed by atoms with E-state index in [0.717, 1.165) is 49.9 Å². The van der Waals surface area contributed by atoms with E-state index >= 15 is 0 Å². The molecule has 8 aromatic carbocycles. The highest BCUT2D eigenvalue weighted by Crippen LogP contribution is 2.53. The molecule has 0 radical (unpaired) electrons. The Labute approximate surface area is 436 Å². The number of hydrogen-bond donors (Lipinski definition) is 8. The van der Waals surface area contributed by atoms with Crippen LogP contribution in [0.4, 0.5) is 11.8 Å². The number of aryl methyl sites for hydroxylation is 6. The normalized spacial score (nSPS) is 12.5. The summed E-state index contributed by atoms with van der Waals surface area (Å²) in [5.41, 5.74) is 20.9. The van der Waals surface area contributed by atoms with Crippen LogP contribution in [0.25, 0.3) is 76.2 Å². The van der Waals surface area contributed by atoms with Gasteiger partial charge in [-0.2, -0.15) is 10.5 Å². The van der Waals surface area contributed by atoms with Gasteiger partial charge in [0.25, 0.3) is 0 Å². The van der Waals surface area contributed by atoms with Crippen molar-refractivity contribution >= 4 is 76.8 Å². The van der Waals surface area contributed by atoms with Gasteiger partial charge in [0.2, 0.25) is 22.6 Å². The first-order valence-corrected chi connectivity index (χ1v) is 25.2. The van der Waals surface area contributed by atoms with E-state index in [1.807, 2.05) is 121 Å². The third kappa shape index (κ3) is 7.03. The van der Waals surface area contributed by atoms with Crippen LogP contribution in [0.1, 0.15) is 146 Å². The maximum Gasteiger partial charge on any atom is 0.239 e. The second-order valence-electron chi connectivity index (χ2n) is 21.6. The van der Waals surface area contributed by atoms with Crippen molar-refractivity contribution in [2.24, 2.45) is 0 Å². The van der Waals surface area contributed by atoms with Crippen LogP contribution in [0.3, 0.4) is 0 Å². The van der Waals surface area contributed by atoms with Crippen molar-refractivity contribution in [2.75, 3.05) is 11.5 Å². The molecule has 14 heteroatoms. The minimum atomic E-state index is -0.676. The van der Waals surface area contributed by atoms with Gasteiger partial charge in [-0.25, -0.2) is 0 Å². The molecule has 0 aliphatic carbocycles. The molecule has 0 atom stereocenters. The molecule has 14 nitrogen and oxygen atoms in total. The first kappa shape index (κ1) is 52.0. The van der Waals surface area contributed by atoms with Crippen molar-refractivity contribution in [1.82, 2.24) is 0 Å². The Kier molecular flexibility index (Phi) is 12.3. The number of nitriles is 2. The lowest BCUT2D eigenvalue weighted by atomic mass is 9.80. The molecule has 0 aliphatic rings. The predicted molar refractivity (Wildman–Crippen MR) is 300 cm³/mol. The average molecular weight is 1020 g/mol. The number of nitrogen functional groups attached to an aromatic ring is 2. The average Bonchev–Trinajstić information content (AvgIpc) is 3.87. The summed E-state index contributed by atoms with van der Waals surface area (Å²) in [5.74, 6) is -2.58. The first-order chi connectivity index (χ1) is 35.7. The van der Waals surface area contributed by atoms with E-state index in [0.29, 0.717) is 81.6 Å². The van der Waals surface area contributed by atoms with Crippen molar-refractivity contribution in [3.8, 4) is 57.8 Å². The lowest BCUT2D eigenvalue weighted by Gasteiger charge is -2.24. The Morgan fingerprint density at radius 3 is 1.11 bits per heavy atom. The van der Waals surface area contributed by atoms with Crippen molar-refractivity contribution < 1.29 is 39.5 Å². The number of phenols is 6. The van der Waals surface area contributed by atoms with Gasteiger partial charge in [-0.15, -0.1) is 0 Å². The highest BCUT2D eigenvalue weighted by Gasteiger charge is 2.31. The van der Waals surface area contributed by atoms with Crippen molar-refractivity contribution in [1.29, 1.82) is 10.5 Å². The molecule has 388 valence electrons. The Bertz CT molecular complexity index is 4400. The van der Waals surface area contributed by atoms with Crippen molar-refractivity contribution in [2.45, 2.75) is 121 Å². The Morgan fingerprint density at radius 1 is 0.421 bits per heavy atom. The minimum Gasteiger partial charge on any atom is -0.504 e. The molecular formula is C62H60N4O10. The number of nitrogens with two attached hydrogens (primary N) is 2. The fraction of sp³-hybridized carbons (Fsp3) is 0.290. The van der Waals surface area contributed by atoms with Gasteiger partial charge in [0.1, 0.15) is 34.4 Å². The molecule has 10 rings (SSSR count). The monoisotopic (exact) mass is 1020 g/mol. The second kappa shape index (κ2) is 17.9. The molecule has 0 amide bonds. The standard InChI is InChI=1S/C32H32N2O4.C30H28N2O6/c1-13(2)23-19-9-15(5)25(17(7)27(19)21(11-33)29(35)31(23)37)26-16(6)10-20-24(14(3)4)32(38)30(36)22(12-34)28(20)18(26)8;1-9(2)15-13-7-11(5)17(27-19(13)21(29(31)37-27)25(35)23(15)33)18-12(6)8-14-16(10(3)4)24(34)26(36)22-20(14)28(18)38-30(22)32/h9-10,13-14,35-38H,1-8H3;7-10,33,35H,31-32H2,1-6H3. The highest BCUT2D eigenvalue weighted by molar-refractivity contribution is 6.19. The molecule has 10 aromatic rings. The quantitative estimate of drug-likeness (QED) is 0.0588. The van der Waals surface area contributed by atoms with Gasteiger partial charge in [-0.05, 0) is 131 Å². The van der Waals surface area contributed by atoms with Crippen LogP contribution in [0, 0.1) is 74.6 Å². The molecule has 0 saturated carbocycles. The van der Waals surface area contributed by atoms with Crippen LogP contribution in [0.2, 0.25) is 0 Å². The van der Waals surface area contributed by atoms with Crippen LogP contribution in [-0.4, -0.2) is 30.6 Å². The Morgan fingerprint density at radius 2 is 0.737 bits per heavy atom. The summed E-state index contributed by atoms with van der Waals surface area (Å²) >= 11 is 0. The molecule has 0 spiro atoms. The van der Waals surface area contributed by atoms with Crippen molar-refractivity contribution in [3.05, 3.63) is 122 Å². The topological polar surface area (TPSA) is 281 Å². The van der Waals surface area contributed by atoms with Crippen LogP contribution >= 0.6 is 0 Å². The number of anilines is 2. The maximum atomic E-state index is 13.1. The number of hydrogen-bond acceptors (Lipinski definition) is 14. The summed E-state index contributed by atoms with van der Waals surface area (Å²) in [6.45, 7) is 26.8. The summed E-state index contributed by atoms with van der Waals surface area (Å²) in [4.78, 5) is 26.1. The largest absolute Gasteiger partial charge is 0.504 e. The van der Waals surface area contributed by atoms with Gasteiger partial charge in [0, 0.05) is 54.2 Å². The summed E-state index contributed by atoms with van der Waals surface area (Å²) in [6.07, 6.45) is 0. The van der Waals surface area contributed by atoms with Gasteiger partial charge in [0.05, 0.1) is 10.8 Å². The lowest BCUT2D eigenvalue weighted by Crippen LogP contribution is -2.28. The van der Waals surface area contributed by atoms with E-state index in [1.54, 1.807) is 0 Å². The summed E-state index contributed by atoms with van der Waals surface area (Å²) in [7, 11) is 0. The lowest BCUT2D eigenvalue weighted by molar-refractivity contribution is 0.398. The molecule has 0 aliphatic heterocycles. The predicted octanol–water partition coefficient (Wildman–Crippen LogP) is 13.5. The number of rotatable bonds is 5. The van der Waals surface area contributed by atoms with E-state index in [1.165, 1.54) is 0 Å². The molecule has 0 bridgehead atoms. The molecule has 0 unspecified atom stereocenters. The number of aromatic hydroxyl groups is 6. The molecule has 0 fully saturated rings. The summed E-state index contributed by atoms with van der Waals surface area (Å²) < 4.78 is 12.1. The van der Waals surface area contributed by atoms with Crippen LogP contribution in [-0.2, 0) is 0 Å². The molecule has 10 N–H and O–H groups in total. The van der Waals surface area contributed by atoms with Crippen LogP contribution in [0.15, 0.2) is 42.7 Å². The van der Waals surface area contributed by atoms with Gasteiger partial charge < -0.3 is 50.9 Å². The molecule has 2 aromatic heterocycles. The second-order valence-corrected chi connectivity index (χ2v) is 21.6. The third-order valence-corrected chi connectivity index (χ3v) is 15.4. The SMILES string of the molecule is Cc1cc2c(C(C)C)c(O)c(O)c(C#N)c2c(C)c1-c1c(C)cc2c(C(C)C)c(O)c(O)c(C#N)c2c1C.Cc1cc2c(C(C)C)c(O)c(O)c3c(N)oc(c1=c1c(C)cc4c(C(C)C)c(=O)c(=O)c5c(N)oc1c45)c23.